The Balaban J connectivity index is 1.91. The number of nitrogens with zero attached hydrogens (tertiary/aromatic N) is 2. The highest BCUT2D eigenvalue weighted by molar-refractivity contribution is 7.92. The lowest BCUT2D eigenvalue weighted by Crippen LogP contribution is -2.50. The number of nitrogens with one attached hydrogen (secondary N) is 1. The van der Waals surface area contributed by atoms with Crippen LogP contribution < -0.4 is 14.4 Å². The van der Waals surface area contributed by atoms with Gasteiger partial charge in [0.25, 0.3) is 0 Å². The number of halogens is 2. The van der Waals surface area contributed by atoms with Gasteiger partial charge < -0.3 is 15.0 Å². The minimum atomic E-state index is -3.67. The summed E-state index contributed by atoms with van der Waals surface area (Å²) in [7, 11) is -2.20. The van der Waals surface area contributed by atoms with E-state index in [1.807, 2.05) is 37.3 Å². The van der Waals surface area contributed by atoms with Gasteiger partial charge in [0.05, 0.1) is 29.1 Å². The summed E-state index contributed by atoms with van der Waals surface area (Å²) < 4.78 is 32.0. The third-order valence-corrected chi connectivity index (χ3v) is 8.58. The first-order valence-corrected chi connectivity index (χ1v) is 16.3. The number of para-hydroxylation sites is 2. The third-order valence-electron chi connectivity index (χ3n) is 6.66. The maximum absolute atomic E-state index is 13.9. The zero-order valence-electron chi connectivity index (χ0n) is 24.1. The van der Waals surface area contributed by atoms with Crippen LogP contribution in [-0.4, -0.2) is 57.6 Å². The van der Waals surface area contributed by atoms with E-state index in [0.29, 0.717) is 40.0 Å². The summed E-state index contributed by atoms with van der Waals surface area (Å²) in [5.74, 6) is -0.144. The van der Waals surface area contributed by atoms with Gasteiger partial charge in [0, 0.05) is 32.5 Å². The predicted molar refractivity (Wildman–Crippen MR) is 169 cm³/mol. The van der Waals surface area contributed by atoms with Crippen LogP contribution in [0.5, 0.6) is 5.75 Å². The number of amides is 2. The molecule has 1 N–H and O–H groups in total. The van der Waals surface area contributed by atoms with Crippen LogP contribution >= 0.6 is 23.2 Å². The number of hydrogen-bond donors (Lipinski definition) is 1. The largest absolute Gasteiger partial charge is 0.495 e. The normalized spacial score (nSPS) is 11.9. The molecule has 8 nitrogen and oxygen atoms in total. The molecule has 0 heterocycles. The summed E-state index contributed by atoms with van der Waals surface area (Å²) in [5.41, 5.74) is 2.01. The number of carbonyl (C=O) groups excluding carboxylic acids is 2. The maximum atomic E-state index is 13.9. The molecule has 3 rings (SSSR count). The van der Waals surface area contributed by atoms with Crippen LogP contribution in [0.3, 0.4) is 0 Å². The number of rotatable bonds is 15. The van der Waals surface area contributed by atoms with Crippen molar-refractivity contribution in [1.29, 1.82) is 0 Å². The highest BCUT2D eigenvalue weighted by atomic mass is 35.5. The Morgan fingerprint density at radius 3 is 2.29 bits per heavy atom. The minimum Gasteiger partial charge on any atom is -0.495 e. The molecule has 0 fully saturated rings. The molecule has 0 bridgehead atoms. The van der Waals surface area contributed by atoms with E-state index in [4.69, 9.17) is 27.9 Å². The fraction of sp³-hybridized carbons (Fsp3) is 0.355. The lowest BCUT2D eigenvalue weighted by Gasteiger charge is -2.32. The predicted octanol–water partition coefficient (Wildman–Crippen LogP) is 5.71. The van der Waals surface area contributed by atoms with Crippen LogP contribution in [0.25, 0.3) is 0 Å². The Kier molecular flexibility index (Phi) is 12.5. The molecule has 11 heteroatoms. The van der Waals surface area contributed by atoms with Crippen molar-refractivity contribution in [1.82, 2.24) is 10.2 Å². The number of anilines is 1. The van der Waals surface area contributed by atoms with Crippen molar-refractivity contribution in [3.05, 3.63) is 94.0 Å². The Labute approximate surface area is 258 Å². The van der Waals surface area contributed by atoms with Crippen molar-refractivity contribution in [2.24, 2.45) is 0 Å². The molecule has 0 spiro atoms. The fourth-order valence-electron chi connectivity index (χ4n) is 4.57. The van der Waals surface area contributed by atoms with Gasteiger partial charge in [-0.05, 0) is 48.2 Å². The summed E-state index contributed by atoms with van der Waals surface area (Å²) in [6, 6.07) is 20.6. The summed E-state index contributed by atoms with van der Waals surface area (Å²) >= 11 is 12.4. The van der Waals surface area contributed by atoms with Crippen molar-refractivity contribution in [2.45, 2.75) is 45.2 Å². The van der Waals surface area contributed by atoms with E-state index in [1.54, 1.807) is 47.4 Å². The molecule has 0 aliphatic heterocycles. The standard InChI is InChI=1S/C31H37Cl2N3O5S/c1-4-18-34-31(38)28(21-23-11-6-5-7-12-23)35(22-24-16-17-25(32)26(33)20-24)30(37)15-10-19-36(42(3,39)40)27-13-8-9-14-29(27)41-2/h5-9,11-14,16-17,20,28H,4,10,15,18-19,21-22H2,1-3H3,(H,34,38)/t28-/m0/s1. The Hall–Kier alpha value is -3.27. The monoisotopic (exact) mass is 633 g/mol. The first-order chi connectivity index (χ1) is 20.0. The second kappa shape index (κ2) is 15.8. The molecule has 0 aliphatic carbocycles. The number of carbonyl (C=O) groups is 2. The zero-order chi connectivity index (χ0) is 30.7. The first kappa shape index (κ1) is 33.2. The number of methoxy groups -OCH3 is 1. The topological polar surface area (TPSA) is 96.0 Å². The van der Waals surface area contributed by atoms with E-state index >= 15 is 0 Å². The highest BCUT2D eigenvalue weighted by Gasteiger charge is 2.30. The zero-order valence-corrected chi connectivity index (χ0v) is 26.4. The fourth-order valence-corrected chi connectivity index (χ4v) is 5.86. The summed E-state index contributed by atoms with van der Waals surface area (Å²) in [6.07, 6.45) is 2.39. The molecule has 0 saturated carbocycles. The van der Waals surface area contributed by atoms with E-state index in [9.17, 15) is 18.0 Å². The van der Waals surface area contributed by atoms with Gasteiger partial charge in [-0.2, -0.15) is 0 Å². The van der Waals surface area contributed by atoms with Crippen molar-refractivity contribution in [3.8, 4) is 5.75 Å². The van der Waals surface area contributed by atoms with E-state index in [1.165, 1.54) is 11.4 Å². The van der Waals surface area contributed by atoms with Gasteiger partial charge in [-0.3, -0.25) is 13.9 Å². The van der Waals surface area contributed by atoms with E-state index in [-0.39, 0.29) is 37.7 Å². The minimum absolute atomic E-state index is 0.00877. The van der Waals surface area contributed by atoms with E-state index < -0.39 is 16.1 Å². The molecule has 0 radical (unpaired) electrons. The maximum Gasteiger partial charge on any atom is 0.243 e. The summed E-state index contributed by atoms with van der Waals surface area (Å²) in [6.45, 7) is 2.60. The lowest BCUT2D eigenvalue weighted by molar-refractivity contribution is -0.141. The lowest BCUT2D eigenvalue weighted by atomic mass is 10.0. The van der Waals surface area contributed by atoms with Crippen molar-refractivity contribution in [2.75, 3.05) is 30.8 Å². The molecule has 3 aromatic rings. The second-order valence-electron chi connectivity index (χ2n) is 9.88. The average molecular weight is 635 g/mol. The number of sulfonamides is 1. The SMILES string of the molecule is CCCNC(=O)[C@H](Cc1ccccc1)N(Cc1ccc(Cl)c(Cl)c1)C(=O)CCCN(c1ccccc1OC)S(C)(=O)=O. The second-order valence-corrected chi connectivity index (χ2v) is 12.6. The van der Waals surface area contributed by atoms with Gasteiger partial charge in [-0.1, -0.05) is 78.7 Å². The van der Waals surface area contributed by atoms with Gasteiger partial charge in [0.15, 0.2) is 0 Å². The van der Waals surface area contributed by atoms with Gasteiger partial charge in [0.2, 0.25) is 21.8 Å². The Morgan fingerprint density at radius 2 is 1.64 bits per heavy atom. The Morgan fingerprint density at radius 1 is 0.952 bits per heavy atom. The summed E-state index contributed by atoms with van der Waals surface area (Å²) in [4.78, 5) is 28.9. The van der Waals surface area contributed by atoms with Crippen LogP contribution in [-0.2, 0) is 32.6 Å². The van der Waals surface area contributed by atoms with Crippen molar-refractivity contribution in [3.63, 3.8) is 0 Å². The first-order valence-electron chi connectivity index (χ1n) is 13.7. The molecule has 0 unspecified atom stereocenters. The van der Waals surface area contributed by atoms with E-state index in [2.05, 4.69) is 5.32 Å². The third kappa shape index (κ3) is 9.37. The molecule has 0 aromatic heterocycles. The van der Waals surface area contributed by atoms with Crippen LogP contribution in [0, 0.1) is 0 Å². The number of hydrogen-bond acceptors (Lipinski definition) is 5. The molecule has 226 valence electrons. The summed E-state index contributed by atoms with van der Waals surface area (Å²) in [5, 5.41) is 3.67. The molecule has 2 amide bonds. The van der Waals surface area contributed by atoms with Crippen LogP contribution in [0.4, 0.5) is 5.69 Å². The van der Waals surface area contributed by atoms with Crippen molar-refractivity contribution >= 4 is 50.7 Å². The average Bonchev–Trinajstić information content (AvgIpc) is 2.97. The molecule has 0 saturated heterocycles. The van der Waals surface area contributed by atoms with Gasteiger partial charge in [0.1, 0.15) is 11.8 Å². The van der Waals surface area contributed by atoms with Crippen molar-refractivity contribution < 1.29 is 22.7 Å². The Bertz CT molecular complexity index is 1450. The quantitative estimate of drug-likeness (QED) is 0.231. The van der Waals surface area contributed by atoms with Gasteiger partial charge >= 0.3 is 0 Å². The van der Waals surface area contributed by atoms with E-state index in [0.717, 1.165) is 18.2 Å². The molecule has 0 aliphatic rings. The molecule has 3 aromatic carbocycles. The van der Waals surface area contributed by atoms with Crippen LogP contribution in [0.2, 0.25) is 10.0 Å². The van der Waals surface area contributed by atoms with Crippen LogP contribution in [0.15, 0.2) is 72.8 Å². The van der Waals surface area contributed by atoms with Gasteiger partial charge in [-0.25, -0.2) is 8.42 Å². The molecule has 42 heavy (non-hydrogen) atoms. The number of benzene rings is 3. The smallest absolute Gasteiger partial charge is 0.243 e. The number of ether oxygens (including phenoxy) is 1. The molecular weight excluding hydrogens is 597 g/mol. The highest BCUT2D eigenvalue weighted by Crippen LogP contribution is 2.30. The molecular formula is C31H37Cl2N3O5S. The van der Waals surface area contributed by atoms with Gasteiger partial charge in [-0.15, -0.1) is 0 Å². The van der Waals surface area contributed by atoms with Crippen LogP contribution in [0.1, 0.15) is 37.3 Å². The molecule has 1 atom stereocenters.